The minimum atomic E-state index is 0.531. The van der Waals surface area contributed by atoms with Crippen LogP contribution in [0.1, 0.15) is 44.4 Å². The number of halogens is 1. The molecule has 1 heterocycles. The van der Waals surface area contributed by atoms with Crippen molar-refractivity contribution in [3.63, 3.8) is 0 Å². The summed E-state index contributed by atoms with van der Waals surface area (Å²) in [5.41, 5.74) is 2.60. The van der Waals surface area contributed by atoms with Crippen molar-refractivity contribution in [1.82, 2.24) is 9.97 Å². The van der Waals surface area contributed by atoms with Crippen LogP contribution in [0.4, 0.5) is 5.82 Å². The zero-order valence-electron chi connectivity index (χ0n) is 11.3. The number of nitrogens with zero attached hydrogens (tertiary/aromatic N) is 3. The standard InChI is InChI=1S/C14H22ClN3/c1-3-11(4-2)18(9-8-15)14-12-6-5-7-13(12)16-10-17-14/h10-11H,3-9H2,1-2H3. The maximum Gasteiger partial charge on any atom is 0.135 e. The molecule has 0 radical (unpaired) electrons. The Morgan fingerprint density at radius 1 is 1.28 bits per heavy atom. The molecule has 0 aliphatic heterocycles. The molecule has 1 aliphatic rings. The summed E-state index contributed by atoms with van der Waals surface area (Å²) in [5, 5.41) is 0. The Hall–Kier alpha value is -0.830. The third-order valence-electron chi connectivity index (χ3n) is 3.83. The molecular weight excluding hydrogens is 246 g/mol. The number of rotatable bonds is 6. The molecule has 0 N–H and O–H groups in total. The van der Waals surface area contributed by atoms with E-state index in [-0.39, 0.29) is 0 Å². The van der Waals surface area contributed by atoms with E-state index < -0.39 is 0 Å². The van der Waals surface area contributed by atoms with E-state index in [4.69, 9.17) is 11.6 Å². The molecule has 100 valence electrons. The molecule has 0 atom stereocenters. The van der Waals surface area contributed by atoms with Gasteiger partial charge in [0.05, 0.1) is 0 Å². The number of alkyl halides is 1. The second-order valence-electron chi connectivity index (χ2n) is 4.83. The van der Waals surface area contributed by atoms with E-state index in [1.54, 1.807) is 6.33 Å². The fourth-order valence-corrected chi connectivity index (χ4v) is 3.05. The lowest BCUT2D eigenvalue weighted by atomic mass is 10.1. The summed E-state index contributed by atoms with van der Waals surface area (Å²) in [4.78, 5) is 11.3. The predicted molar refractivity (Wildman–Crippen MR) is 76.5 cm³/mol. The molecule has 0 spiro atoms. The first-order valence-corrected chi connectivity index (χ1v) is 7.50. The van der Waals surface area contributed by atoms with Crippen molar-refractivity contribution in [2.24, 2.45) is 0 Å². The Balaban J connectivity index is 2.33. The van der Waals surface area contributed by atoms with Gasteiger partial charge in [0.2, 0.25) is 0 Å². The van der Waals surface area contributed by atoms with E-state index >= 15 is 0 Å². The van der Waals surface area contributed by atoms with Crippen molar-refractivity contribution >= 4 is 17.4 Å². The highest BCUT2D eigenvalue weighted by Gasteiger charge is 2.24. The van der Waals surface area contributed by atoms with Crippen LogP contribution in [0.5, 0.6) is 0 Å². The van der Waals surface area contributed by atoms with Crippen LogP contribution in [-0.4, -0.2) is 28.4 Å². The van der Waals surface area contributed by atoms with Crippen LogP contribution in [-0.2, 0) is 12.8 Å². The van der Waals surface area contributed by atoms with E-state index in [0.717, 1.165) is 38.0 Å². The fourth-order valence-electron chi connectivity index (χ4n) is 2.87. The Kier molecular flexibility index (Phi) is 4.81. The number of aromatic nitrogens is 2. The van der Waals surface area contributed by atoms with Crippen LogP contribution < -0.4 is 4.90 Å². The summed E-state index contributed by atoms with van der Waals surface area (Å²) in [6.45, 7) is 5.34. The van der Waals surface area contributed by atoms with Gasteiger partial charge in [-0.05, 0) is 32.1 Å². The molecule has 2 rings (SSSR count). The van der Waals surface area contributed by atoms with Crippen LogP contribution in [0.2, 0.25) is 0 Å². The molecule has 0 saturated heterocycles. The molecule has 0 unspecified atom stereocenters. The van der Waals surface area contributed by atoms with Crippen molar-refractivity contribution in [3.05, 3.63) is 17.6 Å². The molecule has 0 fully saturated rings. The van der Waals surface area contributed by atoms with Crippen LogP contribution in [0, 0.1) is 0 Å². The molecule has 3 nitrogen and oxygen atoms in total. The SMILES string of the molecule is CCC(CC)N(CCCl)c1ncnc2c1CCC2. The summed E-state index contributed by atoms with van der Waals surface area (Å²) in [6.07, 6.45) is 7.40. The molecule has 0 aromatic carbocycles. The van der Waals surface area contributed by atoms with Gasteiger partial charge in [-0.3, -0.25) is 0 Å². The minimum Gasteiger partial charge on any atom is -0.352 e. The third kappa shape index (κ3) is 2.61. The molecule has 0 amide bonds. The number of hydrogen-bond donors (Lipinski definition) is 0. The lowest BCUT2D eigenvalue weighted by molar-refractivity contribution is 0.560. The lowest BCUT2D eigenvalue weighted by Crippen LogP contribution is -2.37. The summed E-state index contributed by atoms with van der Waals surface area (Å²) in [6, 6.07) is 0.531. The zero-order chi connectivity index (χ0) is 13.0. The fraction of sp³-hybridized carbons (Fsp3) is 0.714. The zero-order valence-corrected chi connectivity index (χ0v) is 12.1. The summed E-state index contributed by atoms with van der Waals surface area (Å²) < 4.78 is 0. The van der Waals surface area contributed by atoms with Crippen molar-refractivity contribution < 1.29 is 0 Å². The molecule has 1 aliphatic carbocycles. The van der Waals surface area contributed by atoms with Gasteiger partial charge in [-0.15, -0.1) is 11.6 Å². The van der Waals surface area contributed by atoms with E-state index in [9.17, 15) is 0 Å². The first-order valence-electron chi connectivity index (χ1n) is 6.97. The number of fused-ring (bicyclic) bond motifs is 1. The van der Waals surface area contributed by atoms with Gasteiger partial charge in [-0.2, -0.15) is 0 Å². The van der Waals surface area contributed by atoms with Gasteiger partial charge in [0.25, 0.3) is 0 Å². The van der Waals surface area contributed by atoms with Gasteiger partial charge in [-0.1, -0.05) is 13.8 Å². The molecule has 0 bridgehead atoms. The van der Waals surface area contributed by atoms with E-state index in [2.05, 4.69) is 28.7 Å². The average molecular weight is 268 g/mol. The summed E-state index contributed by atoms with van der Waals surface area (Å²) >= 11 is 5.97. The van der Waals surface area contributed by atoms with Crippen LogP contribution in [0.15, 0.2) is 6.33 Å². The summed E-state index contributed by atoms with van der Waals surface area (Å²) in [7, 11) is 0. The second-order valence-corrected chi connectivity index (χ2v) is 5.21. The maximum absolute atomic E-state index is 5.97. The van der Waals surface area contributed by atoms with E-state index in [1.165, 1.54) is 17.7 Å². The predicted octanol–water partition coefficient (Wildman–Crippen LogP) is 3.20. The highest BCUT2D eigenvalue weighted by molar-refractivity contribution is 6.18. The van der Waals surface area contributed by atoms with Crippen LogP contribution in [0.25, 0.3) is 0 Å². The van der Waals surface area contributed by atoms with Crippen LogP contribution in [0.3, 0.4) is 0 Å². The van der Waals surface area contributed by atoms with Crippen molar-refractivity contribution in [2.75, 3.05) is 17.3 Å². The molecule has 1 aromatic rings. The Labute approximate surface area is 115 Å². The largest absolute Gasteiger partial charge is 0.352 e. The minimum absolute atomic E-state index is 0.531. The van der Waals surface area contributed by atoms with Gasteiger partial charge in [-0.25, -0.2) is 9.97 Å². The number of aryl methyl sites for hydroxylation is 1. The van der Waals surface area contributed by atoms with Gasteiger partial charge in [0.15, 0.2) is 0 Å². The highest BCUT2D eigenvalue weighted by atomic mass is 35.5. The number of hydrogen-bond acceptors (Lipinski definition) is 3. The Morgan fingerprint density at radius 2 is 2.06 bits per heavy atom. The first kappa shape index (κ1) is 13.6. The van der Waals surface area contributed by atoms with Gasteiger partial charge in [0.1, 0.15) is 12.1 Å². The second kappa shape index (κ2) is 6.37. The number of anilines is 1. The molecular formula is C14H22ClN3. The third-order valence-corrected chi connectivity index (χ3v) is 4.00. The smallest absolute Gasteiger partial charge is 0.135 e. The van der Waals surface area contributed by atoms with Crippen molar-refractivity contribution in [1.29, 1.82) is 0 Å². The first-order chi connectivity index (χ1) is 8.81. The maximum atomic E-state index is 5.97. The van der Waals surface area contributed by atoms with Gasteiger partial charge < -0.3 is 4.90 Å². The lowest BCUT2D eigenvalue weighted by Gasteiger charge is -2.32. The molecule has 4 heteroatoms. The van der Waals surface area contributed by atoms with Gasteiger partial charge in [0, 0.05) is 29.7 Å². The quantitative estimate of drug-likeness (QED) is 0.741. The molecule has 1 aromatic heterocycles. The Bertz CT molecular complexity index is 391. The van der Waals surface area contributed by atoms with Crippen molar-refractivity contribution in [2.45, 2.75) is 52.0 Å². The van der Waals surface area contributed by atoms with Gasteiger partial charge >= 0.3 is 0 Å². The summed E-state index contributed by atoms with van der Waals surface area (Å²) in [5.74, 6) is 1.78. The van der Waals surface area contributed by atoms with E-state index in [0.29, 0.717) is 11.9 Å². The normalized spacial score (nSPS) is 14.0. The average Bonchev–Trinajstić information content (AvgIpc) is 2.87. The monoisotopic (exact) mass is 267 g/mol. The Morgan fingerprint density at radius 3 is 2.72 bits per heavy atom. The highest BCUT2D eigenvalue weighted by Crippen LogP contribution is 2.29. The van der Waals surface area contributed by atoms with Crippen LogP contribution >= 0.6 is 11.6 Å². The molecule has 18 heavy (non-hydrogen) atoms. The topological polar surface area (TPSA) is 29.0 Å². The molecule has 0 saturated carbocycles. The van der Waals surface area contributed by atoms with E-state index in [1.807, 2.05) is 0 Å². The van der Waals surface area contributed by atoms with Crippen molar-refractivity contribution in [3.8, 4) is 0 Å².